The maximum atomic E-state index is 10.7. The Morgan fingerprint density at radius 2 is 0.370 bits per heavy atom. The molecule has 0 aliphatic rings. The molecule has 0 rings (SSSR count). The molecule has 0 heterocycles. The molecular weight excluding hydrogens is 820 g/mol. The third-order valence-corrected chi connectivity index (χ3v) is 10.1. The Kier molecular flexibility index (Phi) is 47.2. The van der Waals surface area contributed by atoms with Crippen LogP contribution in [0.2, 0.25) is 0 Å². The molecule has 0 unspecified atom stereocenters. The first kappa shape index (κ1) is 62.4. The molecule has 0 fully saturated rings. The first-order chi connectivity index (χ1) is 20.4. The van der Waals surface area contributed by atoms with Crippen LogP contribution in [0.4, 0.5) is 0 Å². The van der Waals surface area contributed by atoms with Gasteiger partial charge in [0.1, 0.15) is 0 Å². The monoisotopic (exact) mass is 864 g/mol. The largest absolute Gasteiger partial charge is 2.00 e. The first-order valence-corrected chi connectivity index (χ1v) is 19.0. The zero-order valence-electron chi connectivity index (χ0n) is 28.2. The summed E-state index contributed by atoms with van der Waals surface area (Å²) in [6.45, 7) is 0. The maximum absolute atomic E-state index is 10.7. The number of phosphoric ester groups is 5. The summed E-state index contributed by atoms with van der Waals surface area (Å²) in [7, 11) is -1.64. The molecule has 282 valence electrons. The van der Waals surface area contributed by atoms with Crippen LogP contribution in [0.25, 0.3) is 0 Å². The normalized spacial score (nSPS) is 11.6. The van der Waals surface area contributed by atoms with Gasteiger partial charge in [-0.1, -0.05) is 0 Å². The van der Waals surface area contributed by atoms with E-state index in [1.165, 1.54) is 107 Å². The zero-order valence-corrected chi connectivity index (χ0v) is 36.4. The van der Waals surface area contributed by atoms with Crippen LogP contribution in [0, 0.1) is 10.2 Å². The van der Waals surface area contributed by atoms with E-state index in [0.29, 0.717) is 0 Å². The molecule has 0 aromatic rings. The average Bonchev–Trinajstić information content (AvgIpc) is 3.06. The van der Waals surface area contributed by atoms with Crippen molar-refractivity contribution in [3.8, 4) is 0 Å². The van der Waals surface area contributed by atoms with Crippen LogP contribution in [-0.4, -0.2) is 111 Å². The van der Waals surface area contributed by atoms with Crippen molar-refractivity contribution in [3.63, 3.8) is 0 Å². The van der Waals surface area contributed by atoms with E-state index in [1.54, 1.807) is 0 Å². The number of halogens is 1. The predicted octanol–water partition coefficient (Wildman–Crippen LogP) is 1.04. The van der Waals surface area contributed by atoms with Crippen molar-refractivity contribution in [3.05, 3.63) is 0 Å². The first-order valence-electron chi connectivity index (χ1n) is 10.4. The third-order valence-electron chi connectivity index (χ3n) is 3.35. The van der Waals surface area contributed by atoms with Crippen molar-refractivity contribution < 1.29 is 139 Å². The van der Waals surface area contributed by atoms with E-state index in [1.807, 2.05) is 0 Å². The molecule has 0 aliphatic carbocycles. The molecule has 0 aromatic carbocycles. The Bertz CT molecular complexity index is 656. The van der Waals surface area contributed by atoms with Gasteiger partial charge in [-0.25, -0.2) is 22.8 Å². The van der Waals surface area contributed by atoms with Crippen LogP contribution < -0.4 is 14.0 Å². The van der Waals surface area contributed by atoms with E-state index in [4.69, 9.17) is 18.6 Å². The molecule has 0 spiro atoms. The van der Waals surface area contributed by atoms with Crippen molar-refractivity contribution in [2.24, 2.45) is 0 Å². The fourth-order valence-electron chi connectivity index (χ4n) is 1.12. The minimum absolute atomic E-state index is 0. The van der Waals surface area contributed by atoms with Gasteiger partial charge in [-0.15, -0.1) is 0 Å². The molecule has 0 saturated heterocycles. The molecule has 0 amide bonds. The van der Waals surface area contributed by atoms with Crippen LogP contribution >= 0.6 is 39.1 Å². The molecule has 0 bridgehead atoms. The van der Waals surface area contributed by atoms with Crippen molar-refractivity contribution >= 4 is 39.1 Å². The van der Waals surface area contributed by atoms with Gasteiger partial charge in [0.15, 0.2) is 0 Å². The molecule has 0 atom stereocenters. The Labute approximate surface area is 284 Å². The summed E-state index contributed by atoms with van der Waals surface area (Å²) in [5, 5.41) is 0. The van der Waals surface area contributed by atoms with Crippen LogP contribution in [0.3, 0.4) is 0 Å². The smallest absolute Gasteiger partial charge is 0.290 e. The number of rotatable bonds is 15. The number of hydrogen-bond donors (Lipinski definition) is 1. The Hall–Kier alpha value is 1.30. The van der Waals surface area contributed by atoms with Crippen LogP contribution in [-0.2, 0) is 110 Å². The molecule has 24 nitrogen and oxygen atoms in total. The molecule has 46 heavy (non-hydrogen) atoms. The van der Waals surface area contributed by atoms with E-state index in [2.05, 4.69) is 67.9 Å². The summed E-state index contributed by atoms with van der Waals surface area (Å²) in [5.74, 6) is 0. The minimum atomic E-state index is -4.69. The van der Waals surface area contributed by atoms with Crippen molar-refractivity contribution in [1.82, 2.24) is 0 Å². The quantitative estimate of drug-likeness (QED) is 0.177. The van der Waals surface area contributed by atoms with E-state index in [0.717, 1.165) is 0 Å². The topological polar surface area (TPSA) is 313 Å². The van der Waals surface area contributed by atoms with Crippen molar-refractivity contribution in [2.45, 2.75) is 0 Å². The summed E-state index contributed by atoms with van der Waals surface area (Å²) in [5.41, 5.74) is 0. The summed E-state index contributed by atoms with van der Waals surface area (Å²) in [4.78, 5) is 0. The number of phosphoric acid groups is 5. The Balaban J connectivity index is -0.0000000795. The Morgan fingerprint density at radius 3 is 0.370 bits per heavy atom. The molecule has 0 saturated carbocycles. The van der Waals surface area contributed by atoms with Crippen molar-refractivity contribution in [1.29, 1.82) is 0 Å². The van der Waals surface area contributed by atoms with Gasteiger partial charge in [0.05, 0.1) is 14.9 Å². The summed E-state index contributed by atoms with van der Waals surface area (Å²) in [6.07, 6.45) is 0. The summed E-state index contributed by atoms with van der Waals surface area (Å²) < 4.78 is 151. The summed E-state index contributed by atoms with van der Waals surface area (Å²) >= 11 is 0. The third kappa shape index (κ3) is 41.5. The minimum Gasteiger partial charge on any atom is -0.290 e. The van der Waals surface area contributed by atoms with Gasteiger partial charge in [-0.2, -0.15) is 14.0 Å². The maximum Gasteiger partial charge on any atom is 2.00 e. The predicted molar refractivity (Wildman–Crippen MR) is 145 cm³/mol. The van der Waals surface area contributed by atoms with Gasteiger partial charge in [-0.3, -0.25) is 67.9 Å². The Morgan fingerprint density at radius 1 is 0.326 bits per heavy atom. The van der Waals surface area contributed by atoms with E-state index in [-0.39, 0.29) is 19.5 Å². The van der Waals surface area contributed by atoms with E-state index in [9.17, 15) is 22.8 Å². The van der Waals surface area contributed by atoms with Gasteiger partial charge in [0.25, 0.3) is 0 Å². The SMILES string of the molecule is COP(=O)(OC)OC.COP(=O)(OC)OC.COP(=O)(OC)OC.COP(=O)(OC)OC.COP(=O)(OC)OC.[O-][Cl+3]([O-])([O-])O.[Zn+2]. The van der Waals surface area contributed by atoms with Gasteiger partial charge < -0.3 is 0 Å². The number of hydrogen-bond acceptors (Lipinski definition) is 24. The van der Waals surface area contributed by atoms with Crippen LogP contribution in [0.15, 0.2) is 0 Å². The molecule has 31 heteroatoms. The fraction of sp³-hybridized carbons (Fsp3) is 1.00. The average molecular weight is 866 g/mol. The summed E-state index contributed by atoms with van der Waals surface area (Å²) in [6, 6.07) is 0. The second-order valence-electron chi connectivity index (χ2n) is 5.37. The molecule has 1 N–H and O–H groups in total. The molecule has 0 aliphatic heterocycles. The molecule has 0 radical (unpaired) electrons. The van der Waals surface area contributed by atoms with E-state index >= 15 is 0 Å². The standard InChI is InChI=1S/5C3H9O4P.ClHO4.Zn/c5*1-5-8(4,6-2)7-3;2-1(3,4)5;/h5*1-3H3;(H,2,3,4,5);/q;;;;;;+2. The fourth-order valence-corrected chi connectivity index (χ4v) is 3.35. The molecule has 0 aromatic heterocycles. The second kappa shape index (κ2) is 34.7. The van der Waals surface area contributed by atoms with Gasteiger partial charge in [-0.05, 0) is 0 Å². The second-order valence-corrected chi connectivity index (χ2v) is 16.1. The van der Waals surface area contributed by atoms with Crippen LogP contribution in [0.1, 0.15) is 0 Å². The zero-order chi connectivity index (χ0) is 37.6. The van der Waals surface area contributed by atoms with Gasteiger partial charge in [0, 0.05) is 107 Å². The van der Waals surface area contributed by atoms with Crippen LogP contribution in [0.5, 0.6) is 0 Å². The van der Waals surface area contributed by atoms with Crippen molar-refractivity contribution in [2.75, 3.05) is 107 Å². The molecular formula is C15H46ClO24P5Zn+2. The van der Waals surface area contributed by atoms with Gasteiger partial charge >= 0.3 is 58.6 Å². The van der Waals surface area contributed by atoms with Gasteiger partial charge in [0.2, 0.25) is 0 Å². The van der Waals surface area contributed by atoms with E-state index < -0.39 is 49.4 Å².